The van der Waals surface area contributed by atoms with E-state index in [-0.39, 0.29) is 0 Å². The Labute approximate surface area is 74.5 Å². The topological polar surface area (TPSA) is 20.2 Å². The fourth-order valence-electron chi connectivity index (χ4n) is 0.817. The Morgan fingerprint density at radius 1 is 0.857 bits per heavy atom. The van der Waals surface area contributed by atoms with E-state index in [1.54, 1.807) is 0 Å². The molecule has 0 aromatic heterocycles. The summed E-state index contributed by atoms with van der Waals surface area (Å²) in [6.45, 7) is 0. The maximum Gasteiger partial charge on any atom is 0.400 e. The standard InChI is InChI=1S/C6H7F7O/c7-4(14)2-1-3(5(8,9)10)6(11,12)13/h3-4,14H,1-2H2. The first kappa shape index (κ1) is 13.5. The quantitative estimate of drug-likeness (QED) is 0.736. The van der Waals surface area contributed by atoms with Crippen LogP contribution in [0, 0.1) is 5.92 Å². The Hall–Kier alpha value is -0.530. The van der Waals surface area contributed by atoms with E-state index in [9.17, 15) is 30.7 Å². The van der Waals surface area contributed by atoms with Crippen molar-refractivity contribution >= 4 is 0 Å². The minimum atomic E-state index is -5.47. The average molecular weight is 228 g/mol. The third-order valence-electron chi connectivity index (χ3n) is 1.48. The van der Waals surface area contributed by atoms with Gasteiger partial charge in [-0.1, -0.05) is 0 Å². The van der Waals surface area contributed by atoms with Gasteiger partial charge in [-0.05, 0) is 6.42 Å². The van der Waals surface area contributed by atoms with Gasteiger partial charge in [-0.15, -0.1) is 0 Å². The largest absolute Gasteiger partial charge is 0.400 e. The second-order valence-electron chi connectivity index (χ2n) is 2.65. The lowest BCUT2D eigenvalue weighted by Crippen LogP contribution is -2.36. The van der Waals surface area contributed by atoms with Crippen LogP contribution in [-0.2, 0) is 0 Å². The monoisotopic (exact) mass is 228 g/mol. The predicted octanol–water partition coefficient (Wildman–Crippen LogP) is 2.80. The van der Waals surface area contributed by atoms with Gasteiger partial charge in [0.15, 0.2) is 12.3 Å². The lowest BCUT2D eigenvalue weighted by atomic mass is 10.0. The van der Waals surface area contributed by atoms with Crippen molar-refractivity contribution in [1.29, 1.82) is 0 Å². The van der Waals surface area contributed by atoms with Crippen LogP contribution in [-0.4, -0.2) is 23.8 Å². The summed E-state index contributed by atoms with van der Waals surface area (Å²) < 4.78 is 82.1. The molecule has 0 aliphatic carbocycles. The van der Waals surface area contributed by atoms with Crippen LogP contribution >= 0.6 is 0 Å². The molecule has 1 nitrogen and oxygen atoms in total. The molecule has 1 atom stereocenters. The molecule has 0 aromatic carbocycles. The summed E-state index contributed by atoms with van der Waals surface area (Å²) in [6.07, 6.45) is -16.3. The summed E-state index contributed by atoms with van der Waals surface area (Å²) in [5.41, 5.74) is 0. The van der Waals surface area contributed by atoms with E-state index in [1.807, 2.05) is 0 Å². The highest BCUT2D eigenvalue weighted by Gasteiger charge is 2.55. The predicted molar refractivity (Wildman–Crippen MR) is 31.9 cm³/mol. The van der Waals surface area contributed by atoms with E-state index in [1.165, 1.54) is 0 Å². The fraction of sp³-hybridized carbons (Fsp3) is 1.00. The third-order valence-corrected chi connectivity index (χ3v) is 1.48. The number of hydrogen-bond acceptors (Lipinski definition) is 1. The summed E-state index contributed by atoms with van der Waals surface area (Å²) in [4.78, 5) is 0. The number of halogens is 7. The molecule has 8 heteroatoms. The Balaban J connectivity index is 4.44. The molecule has 0 fully saturated rings. The Morgan fingerprint density at radius 3 is 1.43 bits per heavy atom. The van der Waals surface area contributed by atoms with Crippen molar-refractivity contribution in [3.63, 3.8) is 0 Å². The summed E-state index contributed by atoms with van der Waals surface area (Å²) in [5, 5.41) is 7.93. The van der Waals surface area contributed by atoms with Crippen molar-refractivity contribution in [1.82, 2.24) is 0 Å². The summed E-state index contributed by atoms with van der Waals surface area (Å²) in [5.74, 6) is -3.58. The first-order valence-corrected chi connectivity index (χ1v) is 3.50. The van der Waals surface area contributed by atoms with Crippen LogP contribution in [0.2, 0.25) is 0 Å². The van der Waals surface area contributed by atoms with Crippen LogP contribution in [0.5, 0.6) is 0 Å². The number of hydrogen-bond donors (Lipinski definition) is 1. The Bertz CT molecular complexity index is 156. The number of rotatable bonds is 3. The van der Waals surface area contributed by atoms with Crippen molar-refractivity contribution in [3.05, 3.63) is 0 Å². The van der Waals surface area contributed by atoms with Gasteiger partial charge in [-0.2, -0.15) is 26.3 Å². The molecule has 0 saturated heterocycles. The zero-order chi connectivity index (χ0) is 11.6. The molecular formula is C6H7F7O. The highest BCUT2D eigenvalue weighted by Crippen LogP contribution is 2.42. The first-order valence-electron chi connectivity index (χ1n) is 3.50. The van der Waals surface area contributed by atoms with Gasteiger partial charge in [0.2, 0.25) is 0 Å². The van der Waals surface area contributed by atoms with Crippen LogP contribution in [0.25, 0.3) is 0 Å². The van der Waals surface area contributed by atoms with Gasteiger partial charge in [0.25, 0.3) is 0 Å². The van der Waals surface area contributed by atoms with E-state index >= 15 is 0 Å². The fourth-order valence-corrected chi connectivity index (χ4v) is 0.817. The highest BCUT2D eigenvalue weighted by atomic mass is 19.4. The molecule has 14 heavy (non-hydrogen) atoms. The van der Waals surface area contributed by atoms with Gasteiger partial charge in [0.05, 0.1) is 0 Å². The third kappa shape index (κ3) is 4.64. The van der Waals surface area contributed by atoms with Crippen LogP contribution in [0.15, 0.2) is 0 Å². The highest BCUT2D eigenvalue weighted by molar-refractivity contribution is 4.75. The molecule has 0 heterocycles. The van der Waals surface area contributed by atoms with Crippen LogP contribution in [0.4, 0.5) is 30.7 Å². The summed E-state index contributed by atoms with van der Waals surface area (Å²) in [7, 11) is 0. The van der Waals surface area contributed by atoms with E-state index in [0.29, 0.717) is 0 Å². The van der Waals surface area contributed by atoms with Crippen molar-refractivity contribution in [2.75, 3.05) is 0 Å². The zero-order valence-corrected chi connectivity index (χ0v) is 6.66. The lowest BCUT2D eigenvalue weighted by molar-refractivity contribution is -0.287. The molecule has 0 aliphatic heterocycles. The molecule has 0 saturated carbocycles. The molecule has 0 radical (unpaired) electrons. The Kier molecular flexibility index (Phi) is 4.16. The number of alkyl halides is 7. The maximum absolute atomic E-state index is 11.7. The minimum Gasteiger partial charge on any atom is -0.364 e. The molecule has 86 valence electrons. The number of aliphatic hydroxyl groups excluding tert-OH is 1. The van der Waals surface area contributed by atoms with Gasteiger partial charge in [-0.3, -0.25) is 0 Å². The smallest absolute Gasteiger partial charge is 0.364 e. The van der Waals surface area contributed by atoms with Crippen molar-refractivity contribution in [2.24, 2.45) is 5.92 Å². The van der Waals surface area contributed by atoms with Crippen molar-refractivity contribution in [3.8, 4) is 0 Å². The minimum absolute atomic E-state index is 1.19. The van der Waals surface area contributed by atoms with E-state index < -0.39 is 37.5 Å². The molecule has 0 aromatic rings. The van der Waals surface area contributed by atoms with Crippen molar-refractivity contribution in [2.45, 2.75) is 31.6 Å². The summed E-state index contributed by atoms with van der Waals surface area (Å²) >= 11 is 0. The van der Waals surface area contributed by atoms with E-state index in [0.717, 1.165) is 0 Å². The molecule has 0 spiro atoms. The molecule has 0 amide bonds. The second-order valence-corrected chi connectivity index (χ2v) is 2.65. The maximum atomic E-state index is 11.7. The van der Waals surface area contributed by atoms with Gasteiger partial charge >= 0.3 is 12.4 Å². The van der Waals surface area contributed by atoms with Crippen LogP contribution in [0.1, 0.15) is 12.8 Å². The van der Waals surface area contributed by atoms with Crippen LogP contribution < -0.4 is 0 Å². The zero-order valence-electron chi connectivity index (χ0n) is 6.66. The molecule has 0 rings (SSSR count). The van der Waals surface area contributed by atoms with Crippen LogP contribution in [0.3, 0.4) is 0 Å². The normalized spacial score (nSPS) is 16.1. The molecule has 0 aliphatic rings. The van der Waals surface area contributed by atoms with Gasteiger partial charge in [-0.25, -0.2) is 4.39 Å². The second kappa shape index (κ2) is 4.33. The van der Waals surface area contributed by atoms with Gasteiger partial charge < -0.3 is 5.11 Å². The number of aliphatic hydroxyl groups is 1. The molecular weight excluding hydrogens is 221 g/mol. The van der Waals surface area contributed by atoms with E-state index in [4.69, 9.17) is 5.11 Å². The Morgan fingerprint density at radius 2 is 1.21 bits per heavy atom. The molecule has 1 unspecified atom stereocenters. The molecule has 0 bridgehead atoms. The SMILES string of the molecule is OC(F)CCC(C(F)(F)F)C(F)(F)F. The molecule has 1 N–H and O–H groups in total. The first-order chi connectivity index (χ1) is 6.05. The van der Waals surface area contributed by atoms with E-state index in [2.05, 4.69) is 0 Å². The van der Waals surface area contributed by atoms with Gasteiger partial charge in [0.1, 0.15) is 0 Å². The lowest BCUT2D eigenvalue weighted by Gasteiger charge is -2.22. The van der Waals surface area contributed by atoms with Gasteiger partial charge in [0, 0.05) is 6.42 Å². The average Bonchev–Trinajstić information content (AvgIpc) is 1.78. The van der Waals surface area contributed by atoms with Crippen molar-refractivity contribution < 1.29 is 35.8 Å². The summed E-state index contributed by atoms with van der Waals surface area (Å²) in [6, 6.07) is 0.